The number of rotatable bonds is 1. The molecule has 0 radical (unpaired) electrons. The Bertz CT molecular complexity index is 291. The second-order valence-corrected chi connectivity index (χ2v) is 3.69. The van der Waals surface area contributed by atoms with E-state index in [0.717, 1.165) is 13.0 Å². The lowest BCUT2D eigenvalue weighted by molar-refractivity contribution is -0.695. The largest absolute Gasteiger partial charge is 0.391 e. The molecule has 2 rings (SSSR count). The normalized spacial score (nSPS) is 27.7. The molecule has 1 fully saturated rings. The van der Waals surface area contributed by atoms with Gasteiger partial charge in [0.1, 0.15) is 0 Å². The van der Waals surface area contributed by atoms with Crippen molar-refractivity contribution < 1.29 is 9.78 Å². The lowest BCUT2D eigenvalue weighted by Gasteiger charge is -2.30. The Morgan fingerprint density at radius 1 is 1.29 bits per heavy atom. The highest BCUT2D eigenvalue weighted by atomic mass is 16.3. The molecule has 0 bridgehead atoms. The van der Waals surface area contributed by atoms with E-state index in [1.54, 1.807) is 0 Å². The average Bonchev–Trinajstić information content (AvgIpc) is 2.23. The van der Waals surface area contributed by atoms with Gasteiger partial charge >= 0.3 is 0 Å². The Kier molecular flexibility index (Phi) is 2.65. The Hall–Kier alpha value is -1.13. The summed E-state index contributed by atoms with van der Waals surface area (Å²) in [5, 5.41) is 11.6. The number of nitrogens with two attached hydrogens (primary N) is 1. The van der Waals surface area contributed by atoms with Crippen LogP contribution in [0.4, 0.5) is 0 Å². The van der Waals surface area contributed by atoms with E-state index in [1.807, 2.05) is 35.3 Å². The zero-order valence-electron chi connectivity index (χ0n) is 8.08. The number of hydrogen-bond donors (Lipinski definition) is 2. The van der Waals surface area contributed by atoms with Gasteiger partial charge in [-0.1, -0.05) is 10.7 Å². The van der Waals surface area contributed by atoms with Crippen molar-refractivity contribution in [2.75, 3.05) is 18.1 Å². The van der Waals surface area contributed by atoms with Crippen LogP contribution in [0.5, 0.6) is 0 Å². The van der Waals surface area contributed by atoms with Crippen molar-refractivity contribution in [3.8, 4) is 0 Å². The van der Waals surface area contributed by atoms with E-state index >= 15 is 0 Å². The first-order valence-electron chi connectivity index (χ1n) is 4.92. The lowest BCUT2D eigenvalue weighted by Crippen LogP contribution is -2.66. The molecule has 1 saturated heterocycles. The predicted octanol–water partition coefficient (Wildman–Crippen LogP) is -0.996. The quantitative estimate of drug-likeness (QED) is 0.564. The fraction of sp³-hybridized carbons (Fsp3) is 0.500. The van der Waals surface area contributed by atoms with E-state index in [0.29, 0.717) is 6.54 Å². The molecule has 0 spiro atoms. The molecule has 14 heavy (non-hydrogen) atoms. The van der Waals surface area contributed by atoms with Crippen molar-refractivity contribution >= 4 is 0 Å². The molecular weight excluding hydrogens is 178 g/mol. The number of hydrogen-bond acceptors (Lipinski definition) is 3. The average molecular weight is 194 g/mol. The minimum Gasteiger partial charge on any atom is -0.391 e. The number of aliphatic hydroxyl groups excluding tert-OH is 1. The molecule has 1 aliphatic heterocycles. The van der Waals surface area contributed by atoms with Crippen LogP contribution in [-0.4, -0.2) is 30.3 Å². The molecule has 0 saturated carbocycles. The molecule has 0 amide bonds. The molecule has 2 unspecified atom stereocenters. The molecule has 2 heterocycles. The monoisotopic (exact) mass is 194 g/mol. The van der Waals surface area contributed by atoms with E-state index in [4.69, 9.17) is 5.73 Å². The SMILES string of the molecule is NC1CN([n+]2ccccc2)CCC1O. The summed E-state index contributed by atoms with van der Waals surface area (Å²) in [5.41, 5.74) is 5.80. The van der Waals surface area contributed by atoms with Gasteiger partial charge in [0.25, 0.3) is 0 Å². The maximum atomic E-state index is 9.48. The van der Waals surface area contributed by atoms with Crippen molar-refractivity contribution in [1.29, 1.82) is 0 Å². The van der Waals surface area contributed by atoms with Gasteiger partial charge in [0.05, 0.1) is 25.2 Å². The zero-order valence-corrected chi connectivity index (χ0v) is 8.08. The highest BCUT2D eigenvalue weighted by molar-refractivity contribution is 4.92. The zero-order chi connectivity index (χ0) is 9.97. The minimum absolute atomic E-state index is 0.142. The number of pyridine rings is 1. The van der Waals surface area contributed by atoms with Crippen molar-refractivity contribution in [3.63, 3.8) is 0 Å². The van der Waals surface area contributed by atoms with Gasteiger partial charge in [-0.05, 0) is 6.42 Å². The molecule has 76 valence electrons. The van der Waals surface area contributed by atoms with Gasteiger partial charge < -0.3 is 10.8 Å². The van der Waals surface area contributed by atoms with E-state index in [2.05, 4.69) is 5.01 Å². The van der Waals surface area contributed by atoms with Gasteiger partial charge in [-0.25, -0.2) is 0 Å². The predicted molar refractivity (Wildman–Crippen MR) is 53.2 cm³/mol. The Morgan fingerprint density at radius 3 is 2.64 bits per heavy atom. The van der Waals surface area contributed by atoms with Crippen LogP contribution < -0.4 is 15.4 Å². The van der Waals surface area contributed by atoms with Gasteiger partial charge in [-0.2, -0.15) is 5.01 Å². The number of piperidine rings is 1. The van der Waals surface area contributed by atoms with E-state index in [1.165, 1.54) is 0 Å². The summed E-state index contributed by atoms with van der Waals surface area (Å²) >= 11 is 0. The fourth-order valence-electron chi connectivity index (χ4n) is 1.74. The summed E-state index contributed by atoms with van der Waals surface area (Å²) in [6.07, 6.45) is 4.37. The van der Waals surface area contributed by atoms with Crippen molar-refractivity contribution in [2.45, 2.75) is 18.6 Å². The summed E-state index contributed by atoms with van der Waals surface area (Å²) in [5.74, 6) is 0. The van der Waals surface area contributed by atoms with E-state index < -0.39 is 0 Å². The van der Waals surface area contributed by atoms with Gasteiger partial charge in [-0.3, -0.25) is 0 Å². The second kappa shape index (κ2) is 3.94. The molecule has 1 aromatic rings. The van der Waals surface area contributed by atoms with Crippen LogP contribution in [0.2, 0.25) is 0 Å². The van der Waals surface area contributed by atoms with E-state index in [-0.39, 0.29) is 12.1 Å². The maximum Gasteiger partial charge on any atom is 0.199 e. The molecule has 1 aromatic heterocycles. The molecule has 4 heteroatoms. The first-order valence-corrected chi connectivity index (χ1v) is 4.92. The first kappa shape index (κ1) is 9.43. The van der Waals surface area contributed by atoms with Crippen molar-refractivity contribution in [3.05, 3.63) is 30.6 Å². The van der Waals surface area contributed by atoms with Crippen LogP contribution >= 0.6 is 0 Å². The Labute approximate surface area is 83.5 Å². The number of aliphatic hydroxyl groups is 1. The van der Waals surface area contributed by atoms with Crippen molar-refractivity contribution in [1.82, 2.24) is 0 Å². The summed E-state index contributed by atoms with van der Waals surface area (Å²) in [6.45, 7) is 1.55. The molecule has 3 N–H and O–H groups in total. The summed E-state index contributed by atoms with van der Waals surface area (Å²) in [7, 11) is 0. The van der Waals surface area contributed by atoms with Crippen LogP contribution in [-0.2, 0) is 0 Å². The molecule has 1 aliphatic rings. The molecule has 0 aliphatic carbocycles. The maximum absolute atomic E-state index is 9.48. The van der Waals surface area contributed by atoms with Crippen LogP contribution in [0, 0.1) is 0 Å². The Morgan fingerprint density at radius 2 is 2.00 bits per heavy atom. The van der Waals surface area contributed by atoms with Crippen LogP contribution in [0.3, 0.4) is 0 Å². The number of aromatic nitrogens is 1. The third kappa shape index (κ3) is 1.86. The molecular formula is C10H16N3O+. The van der Waals surface area contributed by atoms with Gasteiger partial charge in [0.15, 0.2) is 12.4 Å². The van der Waals surface area contributed by atoms with Gasteiger partial charge in [-0.15, -0.1) is 0 Å². The Balaban J connectivity index is 2.07. The fourth-order valence-corrected chi connectivity index (χ4v) is 1.74. The third-order valence-corrected chi connectivity index (χ3v) is 2.63. The standard InChI is InChI=1S/C10H16N3O/c11-9-8-13(7-4-10(9)14)12-5-2-1-3-6-12/h1-3,5-6,9-10,14H,4,7-8,11H2/q+1. The second-order valence-electron chi connectivity index (χ2n) is 3.69. The third-order valence-electron chi connectivity index (χ3n) is 2.63. The number of nitrogens with zero attached hydrogens (tertiary/aromatic N) is 2. The first-order chi connectivity index (χ1) is 6.77. The molecule has 4 nitrogen and oxygen atoms in total. The highest BCUT2D eigenvalue weighted by Crippen LogP contribution is 2.04. The lowest BCUT2D eigenvalue weighted by atomic mass is 10.1. The van der Waals surface area contributed by atoms with E-state index in [9.17, 15) is 5.11 Å². The van der Waals surface area contributed by atoms with Gasteiger partial charge in [0.2, 0.25) is 0 Å². The highest BCUT2D eigenvalue weighted by Gasteiger charge is 2.28. The summed E-state index contributed by atoms with van der Waals surface area (Å²) in [6, 6.07) is 5.80. The topological polar surface area (TPSA) is 53.4 Å². The minimum atomic E-state index is -0.351. The summed E-state index contributed by atoms with van der Waals surface area (Å²) < 4.78 is 2.02. The smallest absolute Gasteiger partial charge is 0.199 e. The molecule has 2 atom stereocenters. The van der Waals surface area contributed by atoms with Crippen LogP contribution in [0.15, 0.2) is 30.6 Å². The summed E-state index contributed by atoms with van der Waals surface area (Å²) in [4.78, 5) is 0. The van der Waals surface area contributed by atoms with Gasteiger partial charge in [0, 0.05) is 12.1 Å². The van der Waals surface area contributed by atoms with Crippen molar-refractivity contribution in [2.24, 2.45) is 5.73 Å². The molecule has 0 aromatic carbocycles. The van der Waals surface area contributed by atoms with Crippen LogP contribution in [0.25, 0.3) is 0 Å². The van der Waals surface area contributed by atoms with Crippen LogP contribution in [0.1, 0.15) is 6.42 Å².